The van der Waals surface area contributed by atoms with Crippen LogP contribution >= 0.6 is 0 Å². The Kier molecular flexibility index (Phi) is 5.21. The quantitative estimate of drug-likeness (QED) is 0.570. The number of imide groups is 1. The summed E-state index contributed by atoms with van der Waals surface area (Å²) in [5.41, 5.74) is 4.26. The van der Waals surface area contributed by atoms with E-state index in [4.69, 9.17) is 0 Å². The first-order valence-corrected chi connectivity index (χ1v) is 12.2. The Morgan fingerprint density at radius 2 is 1.44 bits per heavy atom. The second kappa shape index (κ2) is 8.45. The van der Waals surface area contributed by atoms with Crippen LogP contribution in [0.4, 0.5) is 0 Å². The first-order chi connectivity index (χ1) is 17.5. The van der Waals surface area contributed by atoms with Crippen molar-refractivity contribution in [3.05, 3.63) is 95.1 Å². The Morgan fingerprint density at radius 1 is 0.778 bits per heavy atom. The molecular formula is C29H24N2O5. The molecule has 36 heavy (non-hydrogen) atoms. The normalized spacial score (nSPS) is 23.1. The number of fused-ring (bicyclic) bond motifs is 4. The van der Waals surface area contributed by atoms with Crippen LogP contribution in [0.3, 0.4) is 0 Å². The second-order valence-electron chi connectivity index (χ2n) is 9.57. The van der Waals surface area contributed by atoms with Gasteiger partial charge in [-0.05, 0) is 59.7 Å². The number of aliphatic carboxylic acids is 1. The van der Waals surface area contributed by atoms with E-state index in [0.29, 0.717) is 19.3 Å². The Morgan fingerprint density at radius 3 is 2.11 bits per heavy atom. The highest BCUT2D eigenvalue weighted by Gasteiger charge is 2.50. The fraction of sp³-hybridized carbons (Fsp3) is 0.241. The molecule has 1 N–H and O–H groups in total. The molecule has 3 aromatic carbocycles. The summed E-state index contributed by atoms with van der Waals surface area (Å²) < 4.78 is 0. The zero-order valence-electron chi connectivity index (χ0n) is 19.5. The lowest BCUT2D eigenvalue weighted by Gasteiger charge is -2.41. The van der Waals surface area contributed by atoms with Crippen LogP contribution in [-0.4, -0.2) is 50.7 Å². The van der Waals surface area contributed by atoms with E-state index >= 15 is 0 Å². The van der Waals surface area contributed by atoms with Crippen molar-refractivity contribution < 1.29 is 24.3 Å². The molecule has 0 aliphatic carbocycles. The average Bonchev–Trinajstić information content (AvgIpc) is 3.09. The number of carboxylic acids is 1. The minimum Gasteiger partial charge on any atom is -0.480 e. The zero-order chi connectivity index (χ0) is 25.0. The van der Waals surface area contributed by atoms with E-state index in [0.717, 1.165) is 27.2 Å². The largest absolute Gasteiger partial charge is 0.480 e. The van der Waals surface area contributed by atoms with E-state index in [9.17, 15) is 24.3 Å². The topological polar surface area (TPSA) is 95.0 Å². The molecule has 3 aliphatic rings. The van der Waals surface area contributed by atoms with Gasteiger partial charge in [-0.25, -0.2) is 4.79 Å². The third kappa shape index (κ3) is 3.34. The van der Waals surface area contributed by atoms with Gasteiger partial charge < -0.3 is 10.0 Å². The van der Waals surface area contributed by atoms with Gasteiger partial charge in [-0.1, -0.05) is 54.6 Å². The minimum atomic E-state index is -1.11. The molecule has 0 unspecified atom stereocenters. The monoisotopic (exact) mass is 480 g/mol. The van der Waals surface area contributed by atoms with E-state index in [1.54, 1.807) is 24.3 Å². The number of hydrogen-bond acceptors (Lipinski definition) is 4. The SMILES string of the molecule is O=C(O)[C@@H]1CCC[C@@H]2c3cc(-c4ccccc4)ccc3C[C@H](N3C(=O)c4ccccc4C3=O)C(=O)N21. The molecule has 0 aromatic heterocycles. The van der Waals surface area contributed by atoms with Crippen LogP contribution in [0, 0.1) is 0 Å². The lowest BCUT2D eigenvalue weighted by Crippen LogP contribution is -2.56. The van der Waals surface area contributed by atoms with E-state index in [-0.39, 0.29) is 17.5 Å². The molecule has 7 heteroatoms. The van der Waals surface area contributed by atoms with Crippen molar-refractivity contribution in [3.63, 3.8) is 0 Å². The number of carbonyl (C=O) groups excluding carboxylic acids is 3. The second-order valence-corrected chi connectivity index (χ2v) is 9.57. The van der Waals surface area contributed by atoms with Crippen molar-refractivity contribution in [1.82, 2.24) is 9.80 Å². The summed E-state index contributed by atoms with van der Waals surface area (Å²) in [6, 6.07) is 19.8. The van der Waals surface area contributed by atoms with Gasteiger partial charge in [-0.3, -0.25) is 19.3 Å². The van der Waals surface area contributed by atoms with E-state index in [2.05, 4.69) is 0 Å². The smallest absolute Gasteiger partial charge is 0.326 e. The highest BCUT2D eigenvalue weighted by atomic mass is 16.4. The number of benzene rings is 3. The summed E-state index contributed by atoms with van der Waals surface area (Å²) in [5.74, 6) is -2.59. The van der Waals surface area contributed by atoms with Gasteiger partial charge in [0.25, 0.3) is 11.8 Å². The average molecular weight is 481 g/mol. The molecule has 0 saturated carbocycles. The molecule has 3 aliphatic heterocycles. The third-order valence-electron chi connectivity index (χ3n) is 7.61. The van der Waals surface area contributed by atoms with E-state index in [1.165, 1.54) is 4.90 Å². The van der Waals surface area contributed by atoms with Crippen molar-refractivity contribution >= 4 is 23.7 Å². The number of carbonyl (C=O) groups is 4. The number of hydrogen-bond donors (Lipinski definition) is 1. The fourth-order valence-corrected chi connectivity index (χ4v) is 5.92. The van der Waals surface area contributed by atoms with Gasteiger partial charge in [0.1, 0.15) is 12.1 Å². The Hall–Kier alpha value is -4.26. The Bertz CT molecular complexity index is 1380. The molecule has 3 atom stereocenters. The fourth-order valence-electron chi connectivity index (χ4n) is 5.92. The lowest BCUT2D eigenvalue weighted by molar-refractivity contribution is -0.156. The van der Waals surface area contributed by atoms with Gasteiger partial charge in [-0.15, -0.1) is 0 Å². The summed E-state index contributed by atoms with van der Waals surface area (Å²) in [4.78, 5) is 55.4. The predicted octanol–water partition coefficient (Wildman–Crippen LogP) is 4.08. The molecule has 7 nitrogen and oxygen atoms in total. The summed E-state index contributed by atoms with van der Waals surface area (Å²) in [7, 11) is 0. The first kappa shape index (κ1) is 22.2. The standard InChI is InChI=1S/C29H24N2O5/c32-26-20-9-4-5-10-21(20)27(33)31(26)25-16-19-14-13-18(17-7-2-1-3-8-17)15-22(19)23-11-6-12-24(29(35)36)30(23)28(25)34/h1-5,7-10,13-15,23-25H,6,11-12,16H2,(H,35,36)/t23-,24+,25+/m1/s1. The van der Waals surface area contributed by atoms with Crippen LogP contribution in [-0.2, 0) is 16.0 Å². The number of rotatable bonds is 3. The Labute approximate surface area is 208 Å². The molecule has 0 radical (unpaired) electrons. The molecular weight excluding hydrogens is 456 g/mol. The van der Waals surface area contributed by atoms with Crippen LogP contribution < -0.4 is 0 Å². The van der Waals surface area contributed by atoms with Gasteiger partial charge in [0.2, 0.25) is 5.91 Å². The van der Waals surface area contributed by atoms with Crippen molar-refractivity contribution in [2.24, 2.45) is 0 Å². The molecule has 3 heterocycles. The van der Waals surface area contributed by atoms with E-state index in [1.807, 2.05) is 48.5 Å². The van der Waals surface area contributed by atoms with Gasteiger partial charge in [-0.2, -0.15) is 0 Å². The summed E-state index contributed by atoms with van der Waals surface area (Å²) in [5, 5.41) is 10.0. The molecule has 3 amide bonds. The third-order valence-corrected chi connectivity index (χ3v) is 7.61. The van der Waals surface area contributed by atoms with Crippen LogP contribution in [0.5, 0.6) is 0 Å². The number of nitrogens with zero attached hydrogens (tertiary/aromatic N) is 2. The Balaban J connectivity index is 1.49. The van der Waals surface area contributed by atoms with Crippen LogP contribution in [0.15, 0.2) is 72.8 Å². The van der Waals surface area contributed by atoms with Gasteiger partial charge in [0.15, 0.2) is 0 Å². The molecule has 0 spiro atoms. The van der Waals surface area contributed by atoms with Gasteiger partial charge in [0, 0.05) is 6.42 Å². The number of carboxylic acid groups (broad SMARTS) is 1. The highest BCUT2D eigenvalue weighted by molar-refractivity contribution is 6.23. The number of piperidine rings is 1. The maximum absolute atomic E-state index is 14.1. The maximum atomic E-state index is 14.1. The number of amides is 3. The summed E-state index contributed by atoms with van der Waals surface area (Å²) >= 11 is 0. The van der Waals surface area contributed by atoms with Crippen molar-refractivity contribution in [2.45, 2.75) is 43.8 Å². The van der Waals surface area contributed by atoms with Crippen molar-refractivity contribution in [3.8, 4) is 11.1 Å². The predicted molar refractivity (Wildman–Crippen MR) is 131 cm³/mol. The minimum absolute atomic E-state index is 0.147. The molecule has 180 valence electrons. The molecule has 6 rings (SSSR count). The highest BCUT2D eigenvalue weighted by Crippen LogP contribution is 2.42. The summed E-state index contributed by atoms with van der Waals surface area (Å²) in [6.07, 6.45) is 1.77. The zero-order valence-corrected chi connectivity index (χ0v) is 19.5. The summed E-state index contributed by atoms with van der Waals surface area (Å²) in [6.45, 7) is 0. The van der Waals surface area contributed by atoms with Crippen LogP contribution in [0.25, 0.3) is 11.1 Å². The first-order valence-electron chi connectivity index (χ1n) is 12.2. The molecule has 1 fully saturated rings. The molecule has 3 aromatic rings. The van der Waals surface area contributed by atoms with Gasteiger partial charge >= 0.3 is 5.97 Å². The van der Waals surface area contributed by atoms with Crippen LogP contribution in [0.1, 0.15) is 57.1 Å². The van der Waals surface area contributed by atoms with E-state index < -0.39 is 41.8 Å². The maximum Gasteiger partial charge on any atom is 0.326 e. The molecule has 1 saturated heterocycles. The van der Waals surface area contributed by atoms with Crippen molar-refractivity contribution in [2.75, 3.05) is 0 Å². The lowest BCUT2D eigenvalue weighted by atomic mass is 9.87. The van der Waals surface area contributed by atoms with Crippen molar-refractivity contribution in [1.29, 1.82) is 0 Å². The molecule has 0 bridgehead atoms. The van der Waals surface area contributed by atoms with Gasteiger partial charge in [0.05, 0.1) is 17.2 Å². The van der Waals surface area contributed by atoms with Crippen LogP contribution in [0.2, 0.25) is 0 Å².